The van der Waals surface area contributed by atoms with Crippen molar-refractivity contribution in [2.45, 2.75) is 51.1 Å². The number of amides is 4. The van der Waals surface area contributed by atoms with Gasteiger partial charge in [0, 0.05) is 43.9 Å². The van der Waals surface area contributed by atoms with Gasteiger partial charge in [-0.1, -0.05) is 84.9 Å². The van der Waals surface area contributed by atoms with Gasteiger partial charge in [-0.25, -0.2) is 14.4 Å². The van der Waals surface area contributed by atoms with Crippen LogP contribution in [0.3, 0.4) is 0 Å². The molecule has 4 amide bonds. The van der Waals surface area contributed by atoms with E-state index >= 15 is 0 Å². The molecule has 214 valence electrons. The van der Waals surface area contributed by atoms with E-state index in [1.807, 2.05) is 106 Å². The number of carbonyl (C=O) groups is 3. The molecule has 0 aromatic heterocycles. The first-order valence-electron chi connectivity index (χ1n) is 13.8. The molecule has 2 heterocycles. The fourth-order valence-electron chi connectivity index (χ4n) is 5.47. The first-order chi connectivity index (χ1) is 19.7. The quantitative estimate of drug-likeness (QED) is 0.445. The van der Waals surface area contributed by atoms with Gasteiger partial charge >= 0.3 is 18.2 Å². The summed E-state index contributed by atoms with van der Waals surface area (Å²) in [6.07, 6.45) is -0.855. The van der Waals surface area contributed by atoms with Gasteiger partial charge in [0.2, 0.25) is 0 Å². The van der Waals surface area contributed by atoms with Crippen LogP contribution in [-0.2, 0) is 28.2 Å². The average Bonchev–Trinajstić information content (AvgIpc) is 3.27. The number of alkyl carbamates (subject to hydrolysis) is 1. The van der Waals surface area contributed by atoms with Gasteiger partial charge in [0.1, 0.15) is 11.6 Å². The van der Waals surface area contributed by atoms with E-state index in [-0.39, 0.29) is 18.2 Å². The Morgan fingerprint density at radius 3 is 2.05 bits per heavy atom. The minimum atomic E-state index is -1.03. The normalized spacial score (nSPS) is 17.8. The van der Waals surface area contributed by atoms with E-state index in [9.17, 15) is 14.4 Å². The van der Waals surface area contributed by atoms with E-state index in [0.717, 1.165) is 22.3 Å². The molecule has 0 saturated carbocycles. The van der Waals surface area contributed by atoms with Crippen molar-refractivity contribution in [1.29, 1.82) is 0 Å². The van der Waals surface area contributed by atoms with Crippen LogP contribution >= 0.6 is 0 Å². The Labute approximate surface area is 240 Å². The van der Waals surface area contributed by atoms with E-state index < -0.39 is 17.3 Å². The number of nitrogens with one attached hydrogen (secondary N) is 2. The van der Waals surface area contributed by atoms with Crippen LogP contribution in [0.2, 0.25) is 0 Å². The van der Waals surface area contributed by atoms with Gasteiger partial charge in [-0.15, -0.1) is 0 Å². The van der Waals surface area contributed by atoms with Crippen molar-refractivity contribution in [2.75, 3.05) is 19.6 Å². The first-order valence-corrected chi connectivity index (χ1v) is 13.8. The van der Waals surface area contributed by atoms with Crippen molar-refractivity contribution in [3.8, 4) is 0 Å². The van der Waals surface area contributed by atoms with Crippen molar-refractivity contribution >= 4 is 18.2 Å². The SMILES string of the molecule is CC(C)(C)OC(=O)NCc1cccc(CNC(=O)N2CCN3C(=O)OC(c4ccccc4)(c4ccccc4)C3C2)c1. The molecule has 41 heavy (non-hydrogen) atoms. The number of nitrogens with zero attached hydrogens (tertiary/aromatic N) is 2. The summed E-state index contributed by atoms with van der Waals surface area (Å²) in [7, 11) is 0. The van der Waals surface area contributed by atoms with Gasteiger partial charge < -0.3 is 25.0 Å². The van der Waals surface area contributed by atoms with E-state index in [2.05, 4.69) is 10.6 Å². The van der Waals surface area contributed by atoms with Crippen LogP contribution in [0.5, 0.6) is 0 Å². The molecule has 9 nitrogen and oxygen atoms in total. The van der Waals surface area contributed by atoms with Gasteiger partial charge in [-0.2, -0.15) is 0 Å². The minimum absolute atomic E-state index is 0.212. The molecule has 1 unspecified atom stereocenters. The second kappa shape index (κ2) is 11.5. The zero-order chi connectivity index (χ0) is 29.0. The summed E-state index contributed by atoms with van der Waals surface area (Å²) >= 11 is 0. The average molecular weight is 557 g/mol. The standard InChI is InChI=1S/C32H36N4O5/c1-31(2,3)40-29(38)34-21-24-12-10-11-23(19-24)20-33-28(37)35-17-18-36-27(22-35)32(41-30(36)39,25-13-6-4-7-14-25)26-15-8-5-9-16-26/h4-16,19,27H,17-18,20-22H2,1-3H3,(H,33,37)(H,34,38). The van der Waals surface area contributed by atoms with Gasteiger partial charge in [0.05, 0.1) is 0 Å². The number of benzene rings is 3. The largest absolute Gasteiger partial charge is 0.444 e. The van der Waals surface area contributed by atoms with Crippen LogP contribution < -0.4 is 10.6 Å². The molecule has 5 rings (SSSR count). The molecule has 9 heteroatoms. The molecule has 0 bridgehead atoms. The molecule has 0 spiro atoms. The smallest absolute Gasteiger partial charge is 0.411 e. The zero-order valence-corrected chi connectivity index (χ0v) is 23.6. The molecule has 3 aromatic carbocycles. The molecular weight excluding hydrogens is 520 g/mol. The minimum Gasteiger partial charge on any atom is -0.444 e. The summed E-state index contributed by atoms with van der Waals surface area (Å²) in [6.45, 7) is 7.18. The summed E-state index contributed by atoms with van der Waals surface area (Å²) in [5, 5.41) is 5.78. The predicted octanol–water partition coefficient (Wildman–Crippen LogP) is 5.00. The Morgan fingerprint density at radius 2 is 1.46 bits per heavy atom. The number of piperazine rings is 1. The molecule has 2 fully saturated rings. The third-order valence-corrected chi connectivity index (χ3v) is 7.30. The van der Waals surface area contributed by atoms with E-state index in [0.29, 0.717) is 32.7 Å². The monoisotopic (exact) mass is 556 g/mol. The number of hydrogen-bond acceptors (Lipinski definition) is 5. The van der Waals surface area contributed by atoms with Crippen molar-refractivity contribution in [1.82, 2.24) is 20.4 Å². The Morgan fingerprint density at radius 1 is 0.878 bits per heavy atom. The Balaban J connectivity index is 1.27. The lowest BCUT2D eigenvalue weighted by Crippen LogP contribution is -2.59. The lowest BCUT2D eigenvalue weighted by molar-refractivity contribution is 0.0508. The lowest BCUT2D eigenvalue weighted by atomic mass is 9.79. The second-order valence-corrected chi connectivity index (χ2v) is 11.3. The summed E-state index contributed by atoms with van der Waals surface area (Å²) in [4.78, 5) is 42.0. The van der Waals surface area contributed by atoms with Crippen molar-refractivity contribution in [2.24, 2.45) is 0 Å². The Kier molecular flexibility index (Phi) is 7.88. The molecule has 3 aromatic rings. The molecule has 1 atom stereocenters. The second-order valence-electron chi connectivity index (χ2n) is 11.3. The molecular formula is C32H36N4O5. The predicted molar refractivity (Wildman–Crippen MR) is 154 cm³/mol. The maximum atomic E-state index is 13.4. The summed E-state index contributed by atoms with van der Waals surface area (Å²) in [6, 6.07) is 26.5. The lowest BCUT2D eigenvalue weighted by Gasteiger charge is -2.42. The van der Waals surface area contributed by atoms with E-state index in [1.54, 1.807) is 9.80 Å². The van der Waals surface area contributed by atoms with Crippen molar-refractivity contribution < 1.29 is 23.9 Å². The van der Waals surface area contributed by atoms with Crippen LogP contribution in [0.4, 0.5) is 14.4 Å². The summed E-state index contributed by atoms with van der Waals surface area (Å²) in [5.41, 5.74) is 1.93. The van der Waals surface area contributed by atoms with Crippen LogP contribution in [0.1, 0.15) is 43.0 Å². The number of urea groups is 1. The molecule has 2 saturated heterocycles. The molecule has 2 N–H and O–H groups in total. The highest BCUT2D eigenvalue weighted by Crippen LogP contribution is 2.45. The fourth-order valence-corrected chi connectivity index (χ4v) is 5.47. The number of cyclic esters (lactones) is 1. The van der Waals surface area contributed by atoms with Gasteiger partial charge in [0.15, 0.2) is 5.60 Å². The maximum Gasteiger partial charge on any atom is 0.411 e. The van der Waals surface area contributed by atoms with Crippen LogP contribution in [0.15, 0.2) is 84.9 Å². The third kappa shape index (κ3) is 6.14. The van der Waals surface area contributed by atoms with Crippen LogP contribution in [-0.4, -0.2) is 59.3 Å². The van der Waals surface area contributed by atoms with Gasteiger partial charge in [-0.05, 0) is 31.9 Å². The van der Waals surface area contributed by atoms with Gasteiger partial charge in [0.25, 0.3) is 0 Å². The third-order valence-electron chi connectivity index (χ3n) is 7.30. The first kappa shape index (κ1) is 28.0. The van der Waals surface area contributed by atoms with Crippen molar-refractivity contribution in [3.63, 3.8) is 0 Å². The molecule has 0 aliphatic carbocycles. The highest BCUT2D eigenvalue weighted by Gasteiger charge is 2.58. The number of fused-ring (bicyclic) bond motifs is 1. The van der Waals surface area contributed by atoms with E-state index in [4.69, 9.17) is 9.47 Å². The van der Waals surface area contributed by atoms with Crippen molar-refractivity contribution in [3.05, 3.63) is 107 Å². The molecule has 0 radical (unpaired) electrons. The zero-order valence-electron chi connectivity index (χ0n) is 23.6. The topological polar surface area (TPSA) is 100 Å². The maximum absolute atomic E-state index is 13.4. The fraction of sp³-hybridized carbons (Fsp3) is 0.344. The summed E-state index contributed by atoms with van der Waals surface area (Å²) in [5.74, 6) is 0. The Bertz CT molecular complexity index is 1350. The number of hydrogen-bond donors (Lipinski definition) is 2. The molecule has 2 aliphatic rings. The van der Waals surface area contributed by atoms with E-state index in [1.165, 1.54) is 0 Å². The van der Waals surface area contributed by atoms with Gasteiger partial charge in [-0.3, -0.25) is 4.90 Å². The van der Waals surface area contributed by atoms with Crippen LogP contribution in [0, 0.1) is 0 Å². The highest BCUT2D eigenvalue weighted by molar-refractivity contribution is 5.77. The summed E-state index contributed by atoms with van der Waals surface area (Å²) < 4.78 is 11.5. The number of rotatable bonds is 6. The number of ether oxygens (including phenoxy) is 2. The van der Waals surface area contributed by atoms with Crippen LogP contribution in [0.25, 0.3) is 0 Å². The molecule has 2 aliphatic heterocycles. The Hall–Kier alpha value is -4.53. The number of carbonyl (C=O) groups excluding carboxylic acids is 3. The highest BCUT2D eigenvalue weighted by atomic mass is 16.6.